The lowest BCUT2D eigenvalue weighted by atomic mass is 10.00. The average Bonchev–Trinajstić information content (AvgIpc) is 2.91. The van der Waals surface area contributed by atoms with Crippen LogP contribution in [0.4, 0.5) is 0 Å². The normalized spacial score (nSPS) is 12.5. The van der Waals surface area contributed by atoms with Crippen molar-refractivity contribution in [2.24, 2.45) is 20.4 Å². The highest BCUT2D eigenvalue weighted by Gasteiger charge is 2.15. The molecule has 2 N–H and O–H groups in total. The fraction of sp³-hybridized carbons (Fsp3) is 0. The van der Waals surface area contributed by atoms with E-state index in [1.165, 1.54) is 36.7 Å². The molecular weight excluding hydrogens is 566 g/mol. The Balaban J connectivity index is 1.83. The number of benzene rings is 4. The van der Waals surface area contributed by atoms with E-state index in [1.54, 1.807) is 0 Å². The first-order valence-electron chi connectivity index (χ1n) is 11.0. The summed E-state index contributed by atoms with van der Waals surface area (Å²) in [4.78, 5) is 0. The molecule has 0 saturated heterocycles. The van der Waals surface area contributed by atoms with E-state index in [9.17, 15) is 10.2 Å². The minimum absolute atomic E-state index is 0.0939. The van der Waals surface area contributed by atoms with Gasteiger partial charge in [0.15, 0.2) is 0 Å². The van der Waals surface area contributed by atoms with Crippen LogP contribution in [-0.4, -0.2) is 34.1 Å². The number of nitrogens with zero attached hydrogens (tertiary/aromatic N) is 4. The van der Waals surface area contributed by atoms with Gasteiger partial charge >= 0.3 is 0 Å². The molecule has 0 fully saturated rings. The zero-order valence-corrected chi connectivity index (χ0v) is 22.5. The van der Waals surface area contributed by atoms with Gasteiger partial charge in [-0.1, -0.05) is 107 Å². The van der Waals surface area contributed by atoms with E-state index >= 15 is 0 Å². The van der Waals surface area contributed by atoms with Crippen LogP contribution >= 0.6 is 46.4 Å². The molecule has 0 unspecified atom stereocenters. The predicted molar refractivity (Wildman–Crippen MR) is 157 cm³/mol. The Morgan fingerprint density at radius 3 is 1.29 bits per heavy atom. The molecular formula is C28H18Cl4N4O2. The summed E-state index contributed by atoms with van der Waals surface area (Å²) in [6.07, 6.45) is 2.68. The third kappa shape index (κ3) is 6.79. The van der Waals surface area contributed by atoms with Crippen LogP contribution in [0.25, 0.3) is 0 Å². The second kappa shape index (κ2) is 12.7. The molecule has 0 atom stereocenters. The maximum atomic E-state index is 10.3. The van der Waals surface area contributed by atoms with Gasteiger partial charge in [-0.05, 0) is 24.3 Å². The molecule has 0 saturated carbocycles. The third-order valence-electron chi connectivity index (χ3n) is 5.14. The topological polar surface area (TPSA) is 89.9 Å². The molecule has 4 rings (SSSR count). The summed E-state index contributed by atoms with van der Waals surface area (Å²) in [6.45, 7) is 0. The molecule has 10 heteroatoms. The lowest BCUT2D eigenvalue weighted by molar-refractivity contribution is 0.474. The lowest BCUT2D eigenvalue weighted by Crippen LogP contribution is -2.17. The van der Waals surface area contributed by atoms with E-state index in [2.05, 4.69) is 20.4 Å². The molecule has 0 aliphatic heterocycles. The Morgan fingerprint density at radius 2 is 0.921 bits per heavy atom. The first-order chi connectivity index (χ1) is 18.3. The van der Waals surface area contributed by atoms with Gasteiger partial charge in [-0.15, -0.1) is 10.2 Å². The van der Waals surface area contributed by atoms with E-state index in [0.717, 1.165) is 0 Å². The lowest BCUT2D eigenvalue weighted by Gasteiger charge is -2.09. The fourth-order valence-electron chi connectivity index (χ4n) is 3.34. The quantitative estimate of drug-likeness (QED) is 0.170. The van der Waals surface area contributed by atoms with Gasteiger partial charge in [0.05, 0.1) is 22.5 Å². The average molecular weight is 584 g/mol. The smallest absolute Gasteiger partial charge is 0.143 e. The van der Waals surface area contributed by atoms with Crippen LogP contribution in [0, 0.1) is 0 Å². The molecule has 0 amide bonds. The van der Waals surface area contributed by atoms with Crippen LogP contribution in [0.5, 0.6) is 11.5 Å². The van der Waals surface area contributed by atoms with Gasteiger partial charge in [-0.2, -0.15) is 10.2 Å². The van der Waals surface area contributed by atoms with Crippen molar-refractivity contribution in [3.63, 3.8) is 0 Å². The molecule has 0 aliphatic carbocycles. The number of hydrogen-bond donors (Lipinski definition) is 2. The molecule has 0 heterocycles. The van der Waals surface area contributed by atoms with Crippen LogP contribution in [0.3, 0.4) is 0 Å². The maximum Gasteiger partial charge on any atom is 0.143 e. The summed E-state index contributed by atoms with van der Waals surface area (Å²) in [5, 5.41) is 38.6. The summed E-state index contributed by atoms with van der Waals surface area (Å²) < 4.78 is 0. The standard InChI is InChI=1S/C28H18Cl4N4O2/c29-21-11-19(27(37)23(31)13-21)15-33-35-25(17-7-3-1-4-8-17)26(18-9-5-2-6-10-18)36-34-16-20-12-22(30)14-24(32)28(20)38/h1-16,37-38H/b33-15+,34-16+,35-25?,36-26?. The number of halogens is 4. The van der Waals surface area contributed by atoms with Crippen molar-refractivity contribution < 1.29 is 10.2 Å². The van der Waals surface area contributed by atoms with Crippen LogP contribution in [-0.2, 0) is 0 Å². The highest BCUT2D eigenvalue weighted by atomic mass is 35.5. The molecule has 0 spiro atoms. The second-order valence-electron chi connectivity index (χ2n) is 7.77. The first-order valence-corrected chi connectivity index (χ1v) is 12.5. The largest absolute Gasteiger partial charge is 0.506 e. The van der Waals surface area contributed by atoms with Crippen molar-refractivity contribution in [1.82, 2.24) is 0 Å². The molecule has 4 aromatic carbocycles. The van der Waals surface area contributed by atoms with E-state index < -0.39 is 0 Å². The molecule has 0 aromatic heterocycles. The van der Waals surface area contributed by atoms with E-state index in [-0.39, 0.29) is 21.5 Å². The van der Waals surface area contributed by atoms with Gasteiger partial charge in [0.25, 0.3) is 0 Å². The number of phenolic OH excluding ortho intramolecular Hbond substituents is 2. The third-order valence-corrected chi connectivity index (χ3v) is 6.16. The van der Waals surface area contributed by atoms with E-state index in [0.29, 0.717) is 43.7 Å². The first kappa shape index (κ1) is 27.4. The highest BCUT2D eigenvalue weighted by Crippen LogP contribution is 2.31. The second-order valence-corrected chi connectivity index (χ2v) is 9.46. The molecule has 38 heavy (non-hydrogen) atoms. The molecule has 0 aliphatic rings. The minimum Gasteiger partial charge on any atom is -0.506 e. The number of aromatic hydroxyl groups is 2. The van der Waals surface area contributed by atoms with Gasteiger partial charge in [-0.3, -0.25) is 0 Å². The van der Waals surface area contributed by atoms with Crippen molar-refractivity contribution in [3.05, 3.63) is 127 Å². The van der Waals surface area contributed by atoms with Crippen molar-refractivity contribution >= 4 is 70.3 Å². The van der Waals surface area contributed by atoms with Crippen molar-refractivity contribution in [3.8, 4) is 11.5 Å². The zero-order valence-electron chi connectivity index (χ0n) is 19.4. The van der Waals surface area contributed by atoms with E-state index in [1.807, 2.05) is 60.7 Å². The molecule has 4 aromatic rings. The van der Waals surface area contributed by atoms with Crippen LogP contribution in [0.2, 0.25) is 20.1 Å². The summed E-state index contributed by atoms with van der Waals surface area (Å²) in [5.41, 5.74) is 2.80. The Labute approximate surface area is 238 Å². The van der Waals surface area contributed by atoms with Crippen molar-refractivity contribution in [2.45, 2.75) is 0 Å². The highest BCUT2D eigenvalue weighted by molar-refractivity contribution is 6.53. The molecule has 0 radical (unpaired) electrons. The molecule has 0 bridgehead atoms. The molecule has 190 valence electrons. The number of phenols is 2. The van der Waals surface area contributed by atoms with Gasteiger partial charge in [0.2, 0.25) is 0 Å². The van der Waals surface area contributed by atoms with Crippen LogP contribution in [0.15, 0.2) is 105 Å². The maximum absolute atomic E-state index is 10.3. The van der Waals surface area contributed by atoms with Gasteiger partial charge in [0.1, 0.15) is 22.9 Å². The number of hydrogen-bond acceptors (Lipinski definition) is 6. The molecule has 6 nitrogen and oxygen atoms in total. The van der Waals surface area contributed by atoms with E-state index in [4.69, 9.17) is 46.4 Å². The summed E-state index contributed by atoms with van der Waals surface area (Å²) >= 11 is 24.2. The Kier molecular flexibility index (Phi) is 9.15. The zero-order chi connectivity index (χ0) is 27.1. The monoisotopic (exact) mass is 582 g/mol. The Bertz CT molecular complexity index is 1450. The van der Waals surface area contributed by atoms with Crippen molar-refractivity contribution in [1.29, 1.82) is 0 Å². The number of rotatable bonds is 7. The summed E-state index contributed by atoms with van der Waals surface area (Å²) in [7, 11) is 0. The van der Waals surface area contributed by atoms with Crippen molar-refractivity contribution in [2.75, 3.05) is 0 Å². The summed E-state index contributed by atoms with van der Waals surface area (Å²) in [6, 6.07) is 24.5. The van der Waals surface area contributed by atoms with Gasteiger partial charge < -0.3 is 10.2 Å². The summed E-state index contributed by atoms with van der Waals surface area (Å²) in [5.74, 6) is -0.337. The Morgan fingerprint density at radius 1 is 0.553 bits per heavy atom. The van der Waals surface area contributed by atoms with Crippen LogP contribution in [0.1, 0.15) is 22.3 Å². The van der Waals surface area contributed by atoms with Gasteiger partial charge in [-0.25, -0.2) is 0 Å². The SMILES string of the molecule is Oc1c(Cl)cc(Cl)cc1/C=N/N=C(C(=N/N=C/c1cc(Cl)cc(Cl)c1O)c1ccccc1)c1ccccc1. The fourth-order valence-corrected chi connectivity index (χ4v) is 4.36. The Hall–Kier alpha value is -3.68. The predicted octanol–water partition coefficient (Wildman–Crippen LogP) is 8.06. The van der Waals surface area contributed by atoms with Gasteiger partial charge in [0, 0.05) is 32.3 Å². The van der Waals surface area contributed by atoms with Crippen LogP contribution < -0.4 is 0 Å². The minimum atomic E-state index is -0.169.